The molecule has 7 atom stereocenters. The maximum absolute atomic E-state index is 13.3. The summed E-state index contributed by atoms with van der Waals surface area (Å²) in [7, 11) is 1.63. The third-order valence-electron chi connectivity index (χ3n) is 9.97. The third-order valence-corrected chi connectivity index (χ3v) is 9.97. The van der Waals surface area contributed by atoms with Crippen molar-refractivity contribution in [2.45, 2.75) is 98.5 Å². The lowest BCUT2D eigenvalue weighted by Gasteiger charge is -2.53. The number of ether oxygens (including phenoxy) is 3. The number of esters is 1. The average molecular weight is 461 g/mol. The molecule has 2 fully saturated rings. The summed E-state index contributed by atoms with van der Waals surface area (Å²) in [5.41, 5.74) is 1.47. The van der Waals surface area contributed by atoms with E-state index in [1.54, 1.807) is 7.11 Å². The zero-order chi connectivity index (χ0) is 24.0. The second-order valence-electron chi connectivity index (χ2n) is 12.1. The molecule has 0 saturated heterocycles. The lowest BCUT2D eigenvalue weighted by atomic mass is 9.54. The van der Waals surface area contributed by atoms with Gasteiger partial charge in [-0.15, -0.1) is 0 Å². The van der Waals surface area contributed by atoms with E-state index in [2.05, 4.69) is 20.8 Å². The van der Waals surface area contributed by atoms with E-state index in [9.17, 15) is 9.59 Å². The van der Waals surface area contributed by atoms with Crippen molar-refractivity contribution in [3.8, 4) is 0 Å². The summed E-state index contributed by atoms with van der Waals surface area (Å²) in [6.07, 6.45) is 8.83. The molecule has 0 amide bonds. The molecule has 4 rings (SSSR count). The Morgan fingerprint density at radius 1 is 1.12 bits per heavy atom. The highest BCUT2D eigenvalue weighted by atomic mass is 16.7. The first-order valence-electron chi connectivity index (χ1n) is 13.2. The number of allylic oxidation sites excluding steroid dienone is 2. The molecule has 0 aromatic heterocycles. The maximum atomic E-state index is 13.3. The van der Waals surface area contributed by atoms with Crippen molar-refractivity contribution in [2.24, 2.45) is 40.4 Å². The van der Waals surface area contributed by atoms with Crippen LogP contribution in [0.25, 0.3) is 0 Å². The van der Waals surface area contributed by atoms with E-state index in [4.69, 9.17) is 14.2 Å². The van der Waals surface area contributed by atoms with Crippen LogP contribution in [0.1, 0.15) is 92.4 Å². The molecular formula is C28H44O5. The van der Waals surface area contributed by atoms with E-state index < -0.39 is 0 Å². The quantitative estimate of drug-likeness (QED) is 0.325. The van der Waals surface area contributed by atoms with Gasteiger partial charge in [-0.1, -0.05) is 34.6 Å². The molecule has 0 radical (unpaired) electrons. The lowest BCUT2D eigenvalue weighted by molar-refractivity contribution is -0.164. The van der Waals surface area contributed by atoms with Crippen LogP contribution in [-0.4, -0.2) is 31.8 Å². The van der Waals surface area contributed by atoms with Gasteiger partial charge in [0.1, 0.15) is 18.3 Å². The van der Waals surface area contributed by atoms with Crippen molar-refractivity contribution in [1.29, 1.82) is 0 Å². The van der Waals surface area contributed by atoms with Gasteiger partial charge in [-0.2, -0.15) is 0 Å². The monoisotopic (exact) mass is 460 g/mol. The summed E-state index contributed by atoms with van der Waals surface area (Å²) in [5.74, 6) is 2.78. The van der Waals surface area contributed by atoms with E-state index in [0.29, 0.717) is 30.0 Å². The molecule has 0 bridgehead atoms. The van der Waals surface area contributed by atoms with Crippen LogP contribution in [0.5, 0.6) is 0 Å². The Morgan fingerprint density at radius 3 is 2.58 bits per heavy atom. The zero-order valence-corrected chi connectivity index (χ0v) is 21.6. The van der Waals surface area contributed by atoms with Crippen molar-refractivity contribution < 1.29 is 23.8 Å². The molecule has 5 heteroatoms. The molecule has 0 aromatic rings. The van der Waals surface area contributed by atoms with Gasteiger partial charge < -0.3 is 14.2 Å². The minimum atomic E-state index is -0.116. The normalized spacial score (nSPS) is 39.1. The van der Waals surface area contributed by atoms with Gasteiger partial charge >= 0.3 is 5.97 Å². The Hall–Kier alpha value is -1.20. The minimum absolute atomic E-state index is 0.0507. The van der Waals surface area contributed by atoms with Crippen molar-refractivity contribution in [3.63, 3.8) is 0 Å². The molecule has 1 heterocycles. The van der Waals surface area contributed by atoms with E-state index in [-0.39, 0.29) is 41.5 Å². The summed E-state index contributed by atoms with van der Waals surface area (Å²) in [6, 6.07) is 0. The van der Waals surface area contributed by atoms with Gasteiger partial charge in [0, 0.05) is 30.8 Å². The number of carbonyl (C=O) groups excluding carboxylic acids is 2. The molecule has 3 aliphatic carbocycles. The Labute approximate surface area is 200 Å². The Morgan fingerprint density at radius 2 is 1.88 bits per heavy atom. The number of ketones is 1. The van der Waals surface area contributed by atoms with Crippen LogP contribution in [0, 0.1) is 40.4 Å². The Bertz CT molecular complexity index is 800. The third kappa shape index (κ3) is 4.33. The molecule has 0 N–H and O–H groups in total. The fourth-order valence-electron chi connectivity index (χ4n) is 7.76. The van der Waals surface area contributed by atoms with E-state index in [1.165, 1.54) is 12.0 Å². The second kappa shape index (κ2) is 9.45. The summed E-state index contributed by atoms with van der Waals surface area (Å²) in [6.45, 7) is 11.3. The molecular weight excluding hydrogens is 416 g/mol. The highest BCUT2D eigenvalue weighted by molar-refractivity contribution is 5.80. The summed E-state index contributed by atoms with van der Waals surface area (Å²) < 4.78 is 17.1. The van der Waals surface area contributed by atoms with Gasteiger partial charge in [0.15, 0.2) is 0 Å². The van der Waals surface area contributed by atoms with E-state index in [1.807, 2.05) is 13.8 Å². The number of hydrogen-bond donors (Lipinski definition) is 0. The number of hydrogen-bond acceptors (Lipinski definition) is 5. The standard InChI is InChI=1S/C28H44O5/c1-17(2)24(29)10-7-18(3)20-8-9-21-25-22(12-14-27(20,21)4)28(5)13-11-19(32-16-31-6)15-23(28)26(30)33-25/h17-21,23H,7-16H2,1-6H3/t18-,19?,20-,21+,23?,27-,28-/m1/s1. The topological polar surface area (TPSA) is 61.8 Å². The Balaban J connectivity index is 1.52. The van der Waals surface area contributed by atoms with Gasteiger partial charge in [-0.25, -0.2) is 0 Å². The molecule has 0 aromatic carbocycles. The van der Waals surface area contributed by atoms with Gasteiger partial charge in [-0.05, 0) is 74.2 Å². The fourth-order valence-corrected chi connectivity index (χ4v) is 7.76. The number of methoxy groups -OCH3 is 1. The molecule has 2 unspecified atom stereocenters. The predicted octanol–water partition coefficient (Wildman–Crippen LogP) is 6.06. The first kappa shape index (κ1) is 24.9. The molecule has 33 heavy (non-hydrogen) atoms. The largest absolute Gasteiger partial charge is 0.431 e. The first-order valence-corrected chi connectivity index (χ1v) is 13.2. The molecule has 2 saturated carbocycles. The second-order valence-corrected chi connectivity index (χ2v) is 12.1. The zero-order valence-electron chi connectivity index (χ0n) is 21.6. The maximum Gasteiger partial charge on any atom is 0.315 e. The molecule has 0 spiro atoms. The van der Waals surface area contributed by atoms with Crippen LogP contribution >= 0.6 is 0 Å². The van der Waals surface area contributed by atoms with Crippen LogP contribution in [0.2, 0.25) is 0 Å². The molecule has 4 aliphatic rings. The highest BCUT2D eigenvalue weighted by Gasteiger charge is 2.59. The fraction of sp³-hybridized carbons (Fsp3) is 0.857. The van der Waals surface area contributed by atoms with Gasteiger partial charge in [-0.3, -0.25) is 9.59 Å². The Kier molecular flexibility index (Phi) is 7.13. The van der Waals surface area contributed by atoms with Crippen molar-refractivity contribution in [3.05, 3.63) is 11.3 Å². The number of carbonyl (C=O) groups is 2. The van der Waals surface area contributed by atoms with Crippen molar-refractivity contribution in [1.82, 2.24) is 0 Å². The van der Waals surface area contributed by atoms with Crippen LogP contribution in [0.15, 0.2) is 11.3 Å². The summed E-state index contributed by atoms with van der Waals surface area (Å²) in [5, 5.41) is 0. The van der Waals surface area contributed by atoms with Gasteiger partial charge in [0.2, 0.25) is 0 Å². The molecule has 1 aliphatic heterocycles. The van der Waals surface area contributed by atoms with Crippen LogP contribution in [-0.2, 0) is 23.8 Å². The van der Waals surface area contributed by atoms with Crippen LogP contribution in [0.3, 0.4) is 0 Å². The SMILES string of the molecule is COCOC1CC[C@]2(C)C3=C(OC(=O)C2C1)[C@@H]1CC[C@H]([C@H](C)CCC(=O)C(C)C)[C@@]1(C)CC3. The summed E-state index contributed by atoms with van der Waals surface area (Å²) >= 11 is 0. The van der Waals surface area contributed by atoms with Gasteiger partial charge in [0.25, 0.3) is 0 Å². The first-order chi connectivity index (χ1) is 15.6. The van der Waals surface area contributed by atoms with Crippen molar-refractivity contribution >= 4 is 11.8 Å². The minimum Gasteiger partial charge on any atom is -0.431 e. The van der Waals surface area contributed by atoms with E-state index >= 15 is 0 Å². The predicted molar refractivity (Wildman–Crippen MR) is 127 cm³/mol. The smallest absolute Gasteiger partial charge is 0.315 e. The van der Waals surface area contributed by atoms with Crippen LogP contribution < -0.4 is 0 Å². The number of fused-ring (bicyclic) bond motifs is 4. The average Bonchev–Trinajstić information content (AvgIpc) is 3.13. The highest BCUT2D eigenvalue weighted by Crippen LogP contribution is 2.65. The number of rotatable bonds is 8. The number of Topliss-reactive ketones (excluding diaryl/α,β-unsaturated/α-hetero) is 1. The van der Waals surface area contributed by atoms with Crippen molar-refractivity contribution in [2.75, 3.05) is 13.9 Å². The molecule has 5 nitrogen and oxygen atoms in total. The molecule has 186 valence electrons. The van der Waals surface area contributed by atoms with E-state index in [0.717, 1.165) is 50.7 Å². The van der Waals surface area contributed by atoms with Gasteiger partial charge in [0.05, 0.1) is 12.0 Å². The summed E-state index contributed by atoms with van der Waals surface area (Å²) in [4.78, 5) is 25.5. The lowest BCUT2D eigenvalue weighted by Crippen LogP contribution is -2.50. The van der Waals surface area contributed by atoms with Crippen LogP contribution in [0.4, 0.5) is 0 Å².